The first kappa shape index (κ1) is 22.7. The number of aromatic nitrogens is 2. The third-order valence-electron chi connectivity index (χ3n) is 6.55. The number of benzene rings is 2. The van der Waals surface area contributed by atoms with E-state index in [0.717, 1.165) is 62.4 Å². The number of rotatable bonds is 6. The smallest absolute Gasteiger partial charge is 0.321 e. The highest BCUT2D eigenvalue weighted by atomic mass is 16.5. The minimum atomic E-state index is 0.0682. The highest BCUT2D eigenvalue weighted by Gasteiger charge is 2.23. The third-order valence-corrected chi connectivity index (χ3v) is 6.55. The van der Waals surface area contributed by atoms with Crippen LogP contribution in [0.4, 0.5) is 0 Å². The second-order valence-corrected chi connectivity index (χ2v) is 9.41. The fraction of sp³-hybridized carbons (Fsp3) is 0.423. The number of piperazine rings is 1. The number of hydrogen-bond donors (Lipinski definition) is 2. The molecule has 2 aliphatic heterocycles. The molecule has 0 aliphatic carbocycles. The lowest BCUT2D eigenvalue weighted by Crippen LogP contribution is -2.49. The Morgan fingerprint density at radius 3 is 2.50 bits per heavy atom. The maximum atomic E-state index is 12.2. The Labute approximate surface area is 200 Å². The highest BCUT2D eigenvalue weighted by Crippen LogP contribution is 2.26. The van der Waals surface area contributed by atoms with Crippen molar-refractivity contribution in [1.82, 2.24) is 30.6 Å². The van der Waals surface area contributed by atoms with Gasteiger partial charge in [-0.05, 0) is 41.0 Å². The van der Waals surface area contributed by atoms with Gasteiger partial charge in [0.25, 0.3) is 0 Å². The largest absolute Gasteiger partial charge is 0.424 e. The number of carbonyl (C=O) groups is 1. The zero-order valence-corrected chi connectivity index (χ0v) is 19.8. The molecular formula is C26H32N6O2. The lowest BCUT2D eigenvalue weighted by molar-refractivity contribution is -0.136. The summed E-state index contributed by atoms with van der Waals surface area (Å²) < 4.78 is 5.90. The van der Waals surface area contributed by atoms with E-state index >= 15 is 0 Å². The molecule has 1 unspecified atom stereocenters. The molecule has 0 spiro atoms. The van der Waals surface area contributed by atoms with E-state index in [2.05, 4.69) is 50.0 Å². The first-order valence-corrected chi connectivity index (χ1v) is 12.1. The van der Waals surface area contributed by atoms with Crippen LogP contribution in [-0.4, -0.2) is 58.4 Å². The highest BCUT2D eigenvalue weighted by molar-refractivity contribution is 5.84. The first-order chi connectivity index (χ1) is 16.5. The Bertz CT molecular complexity index is 1140. The predicted molar refractivity (Wildman–Crippen MR) is 131 cm³/mol. The van der Waals surface area contributed by atoms with Crippen LogP contribution in [0.2, 0.25) is 0 Å². The van der Waals surface area contributed by atoms with Crippen molar-refractivity contribution in [3.05, 3.63) is 59.9 Å². The lowest BCUT2D eigenvalue weighted by Gasteiger charge is -2.35. The summed E-state index contributed by atoms with van der Waals surface area (Å²) in [7, 11) is 0. The Hall–Kier alpha value is -3.07. The molecule has 8 heteroatoms. The maximum Gasteiger partial charge on any atom is 0.321 e. The maximum absolute atomic E-state index is 12.2. The number of carbonyl (C=O) groups excluding carboxylic acids is 1. The molecular weight excluding hydrogens is 428 g/mol. The summed E-state index contributed by atoms with van der Waals surface area (Å²) >= 11 is 0. The van der Waals surface area contributed by atoms with Gasteiger partial charge in [0.2, 0.25) is 5.91 Å². The molecule has 3 aromatic rings. The normalized spacial score (nSPS) is 19.1. The number of ether oxygens (including phenoxy) is 1. The molecule has 8 nitrogen and oxygen atoms in total. The minimum Gasteiger partial charge on any atom is -0.424 e. The second kappa shape index (κ2) is 10.0. The summed E-state index contributed by atoms with van der Waals surface area (Å²) in [6.07, 6.45) is 4.65. The molecule has 1 aromatic heterocycles. The summed E-state index contributed by atoms with van der Waals surface area (Å²) in [5.41, 5.74) is 8.67. The van der Waals surface area contributed by atoms with Gasteiger partial charge in [0.05, 0.1) is 6.04 Å². The van der Waals surface area contributed by atoms with E-state index in [1.165, 1.54) is 10.9 Å². The first-order valence-electron chi connectivity index (χ1n) is 12.1. The van der Waals surface area contributed by atoms with Crippen LogP contribution < -0.4 is 15.6 Å². The second-order valence-electron chi connectivity index (χ2n) is 9.41. The number of fused-ring (bicyclic) bond motifs is 1. The number of amides is 1. The fourth-order valence-corrected chi connectivity index (χ4v) is 4.58. The van der Waals surface area contributed by atoms with E-state index in [1.54, 1.807) is 0 Å². The Morgan fingerprint density at radius 2 is 1.79 bits per heavy atom. The molecule has 3 heterocycles. The van der Waals surface area contributed by atoms with Crippen molar-refractivity contribution in [2.24, 2.45) is 5.92 Å². The van der Waals surface area contributed by atoms with E-state index in [1.807, 2.05) is 43.3 Å². The molecule has 0 saturated carbocycles. The Kier molecular flexibility index (Phi) is 6.71. The number of nitrogens with zero attached hydrogens (tertiary/aromatic N) is 4. The van der Waals surface area contributed by atoms with Gasteiger partial charge in [-0.15, -0.1) is 0 Å². The molecule has 1 atom stereocenters. The molecule has 2 fully saturated rings. The third kappa shape index (κ3) is 5.19. The van der Waals surface area contributed by atoms with Crippen molar-refractivity contribution in [1.29, 1.82) is 0 Å². The van der Waals surface area contributed by atoms with Crippen LogP contribution in [0.15, 0.2) is 48.8 Å². The van der Waals surface area contributed by atoms with Gasteiger partial charge in [-0.2, -0.15) is 0 Å². The van der Waals surface area contributed by atoms with Crippen LogP contribution >= 0.6 is 0 Å². The van der Waals surface area contributed by atoms with Crippen molar-refractivity contribution in [2.75, 3.05) is 32.7 Å². The van der Waals surface area contributed by atoms with Gasteiger partial charge in [-0.3, -0.25) is 20.5 Å². The van der Waals surface area contributed by atoms with Crippen molar-refractivity contribution < 1.29 is 9.53 Å². The van der Waals surface area contributed by atoms with Crippen LogP contribution in [0.3, 0.4) is 0 Å². The SMILES string of the molecule is CC(C)C(=O)N1CCN(Cc2ccc3cc(Oc4ncc(C5CCNN5)cn4)ccc3c2)CC1. The number of hydrogen-bond acceptors (Lipinski definition) is 7. The Balaban J connectivity index is 1.19. The monoisotopic (exact) mass is 460 g/mol. The van der Waals surface area contributed by atoms with E-state index in [9.17, 15) is 4.79 Å². The van der Waals surface area contributed by atoms with Gasteiger partial charge in [0.1, 0.15) is 5.75 Å². The van der Waals surface area contributed by atoms with Gasteiger partial charge in [-0.1, -0.05) is 32.0 Å². The van der Waals surface area contributed by atoms with Crippen LogP contribution in [0, 0.1) is 5.92 Å². The quantitative estimate of drug-likeness (QED) is 0.584. The molecule has 2 saturated heterocycles. The molecule has 34 heavy (non-hydrogen) atoms. The van der Waals surface area contributed by atoms with Gasteiger partial charge < -0.3 is 9.64 Å². The van der Waals surface area contributed by atoms with E-state index in [0.29, 0.717) is 6.01 Å². The average molecular weight is 461 g/mol. The van der Waals surface area contributed by atoms with Crippen LogP contribution in [0.1, 0.15) is 37.4 Å². The molecule has 1 amide bonds. The van der Waals surface area contributed by atoms with Crippen molar-refractivity contribution in [3.63, 3.8) is 0 Å². The Morgan fingerprint density at radius 1 is 1.06 bits per heavy atom. The lowest BCUT2D eigenvalue weighted by atomic mass is 10.1. The van der Waals surface area contributed by atoms with E-state index < -0.39 is 0 Å². The fourth-order valence-electron chi connectivity index (χ4n) is 4.58. The molecule has 0 bridgehead atoms. The summed E-state index contributed by atoms with van der Waals surface area (Å²) in [5, 5.41) is 2.29. The predicted octanol–water partition coefficient (Wildman–Crippen LogP) is 3.26. The van der Waals surface area contributed by atoms with Gasteiger partial charge in [-0.25, -0.2) is 9.97 Å². The average Bonchev–Trinajstić information content (AvgIpc) is 3.40. The summed E-state index contributed by atoms with van der Waals surface area (Å²) in [6, 6.07) is 13.2. The zero-order valence-electron chi connectivity index (χ0n) is 19.8. The van der Waals surface area contributed by atoms with E-state index in [4.69, 9.17) is 4.74 Å². The van der Waals surface area contributed by atoms with E-state index in [-0.39, 0.29) is 17.9 Å². The molecule has 2 N–H and O–H groups in total. The van der Waals surface area contributed by atoms with Crippen molar-refractivity contribution >= 4 is 16.7 Å². The summed E-state index contributed by atoms with van der Waals surface area (Å²) in [4.78, 5) is 25.4. The van der Waals surface area contributed by atoms with Crippen LogP contribution in [0.25, 0.3) is 10.8 Å². The zero-order chi connectivity index (χ0) is 23.5. The topological polar surface area (TPSA) is 82.6 Å². The van der Waals surface area contributed by atoms with Crippen LogP contribution in [-0.2, 0) is 11.3 Å². The molecule has 5 rings (SSSR count). The molecule has 2 aliphatic rings. The van der Waals surface area contributed by atoms with Crippen LogP contribution in [0.5, 0.6) is 11.8 Å². The summed E-state index contributed by atoms with van der Waals surface area (Å²) in [5.74, 6) is 1.05. The molecule has 0 radical (unpaired) electrons. The minimum absolute atomic E-state index is 0.0682. The molecule has 2 aromatic carbocycles. The van der Waals surface area contributed by atoms with Gasteiger partial charge >= 0.3 is 6.01 Å². The number of hydrazine groups is 1. The summed E-state index contributed by atoms with van der Waals surface area (Å²) in [6.45, 7) is 9.21. The standard InChI is InChI=1S/C26H32N6O2/c1-18(2)25(33)32-11-9-31(10-12-32)17-19-3-4-21-14-23(6-5-20(21)13-19)34-26-27-15-22(16-28-26)24-7-8-29-30-24/h3-6,13-16,18,24,29-30H,7-12,17H2,1-2H3. The van der Waals surface area contributed by atoms with Gasteiger partial charge in [0.15, 0.2) is 0 Å². The number of nitrogens with one attached hydrogen (secondary N) is 2. The van der Waals surface area contributed by atoms with Gasteiger partial charge in [0, 0.05) is 63.1 Å². The van der Waals surface area contributed by atoms with Crippen molar-refractivity contribution in [3.8, 4) is 11.8 Å². The molecule has 178 valence electrons. The van der Waals surface area contributed by atoms with Crippen molar-refractivity contribution in [2.45, 2.75) is 32.9 Å².